The number of nitrogens with one attached hydrogen (secondary N) is 1. The summed E-state index contributed by atoms with van der Waals surface area (Å²) in [4.78, 5) is 15.7. The molecule has 0 aromatic heterocycles. The van der Waals surface area contributed by atoms with Crippen molar-refractivity contribution in [2.45, 2.75) is 18.9 Å². The molecule has 0 radical (unpaired) electrons. The summed E-state index contributed by atoms with van der Waals surface area (Å²) in [5, 5.41) is 0. The highest BCUT2D eigenvalue weighted by atomic mass is 79.9. The number of benzene rings is 1. The van der Waals surface area contributed by atoms with Crippen LogP contribution in [0.1, 0.15) is 12.0 Å². The number of piperazine rings is 1. The van der Waals surface area contributed by atoms with E-state index in [4.69, 9.17) is 0 Å². The van der Waals surface area contributed by atoms with Gasteiger partial charge in [-0.15, -0.1) is 0 Å². The molecule has 1 aromatic carbocycles. The molecule has 2 aliphatic heterocycles. The summed E-state index contributed by atoms with van der Waals surface area (Å²) in [7, 11) is -2.82. The van der Waals surface area contributed by atoms with Crippen LogP contribution in [-0.4, -0.2) is 63.0 Å². The van der Waals surface area contributed by atoms with Crippen molar-refractivity contribution in [3.63, 3.8) is 0 Å². The number of amides is 1. The summed E-state index contributed by atoms with van der Waals surface area (Å²) in [6.45, 7) is 3.15. The number of nitrogens with zero attached hydrogens (tertiary/aromatic N) is 1. The number of hydrogen-bond acceptors (Lipinski definition) is 3. The number of hydrogen-bond donors (Lipinski definition) is 1. The quantitative estimate of drug-likeness (QED) is 0.769. The van der Waals surface area contributed by atoms with Gasteiger partial charge in [0.05, 0.1) is 38.4 Å². The molecule has 1 N–H and O–H groups in total. The summed E-state index contributed by atoms with van der Waals surface area (Å²) in [5.41, 5.74) is 1.02. The van der Waals surface area contributed by atoms with Gasteiger partial charge in [-0.1, -0.05) is 28.1 Å². The highest BCUT2D eigenvalue weighted by Gasteiger charge is 2.37. The van der Waals surface area contributed by atoms with E-state index in [1.54, 1.807) is 0 Å². The van der Waals surface area contributed by atoms with Crippen LogP contribution in [0.2, 0.25) is 0 Å². The van der Waals surface area contributed by atoms with Gasteiger partial charge in [0.1, 0.15) is 11.8 Å². The zero-order chi connectivity index (χ0) is 16.4. The van der Waals surface area contributed by atoms with E-state index in [1.165, 1.54) is 4.90 Å². The van der Waals surface area contributed by atoms with Gasteiger partial charge in [-0.25, -0.2) is 8.42 Å². The van der Waals surface area contributed by atoms with Crippen molar-refractivity contribution in [1.82, 2.24) is 4.90 Å². The van der Waals surface area contributed by atoms with Crippen molar-refractivity contribution < 1.29 is 18.1 Å². The third-order valence-electron chi connectivity index (χ3n) is 4.84. The smallest absolute Gasteiger partial charge is 0.227 e. The first-order chi connectivity index (χ1) is 10.9. The molecule has 0 unspecified atom stereocenters. The second-order valence-electron chi connectivity index (χ2n) is 6.44. The Morgan fingerprint density at radius 3 is 2.43 bits per heavy atom. The van der Waals surface area contributed by atoms with Crippen LogP contribution in [0.25, 0.3) is 0 Å². The lowest BCUT2D eigenvalue weighted by Crippen LogP contribution is -3.18. The lowest BCUT2D eigenvalue weighted by molar-refractivity contribution is -0.925. The second-order valence-corrected chi connectivity index (χ2v) is 9.59. The van der Waals surface area contributed by atoms with Gasteiger partial charge in [0.25, 0.3) is 0 Å². The third kappa shape index (κ3) is 4.33. The molecule has 1 aromatic rings. The van der Waals surface area contributed by atoms with Gasteiger partial charge < -0.3 is 9.80 Å². The molecule has 0 spiro atoms. The molecule has 2 aliphatic rings. The number of halogens is 1. The fourth-order valence-electron chi connectivity index (χ4n) is 3.46. The first kappa shape index (κ1) is 16.9. The Bertz CT molecular complexity index is 667. The van der Waals surface area contributed by atoms with Gasteiger partial charge in [-0.3, -0.25) is 4.79 Å². The average Bonchev–Trinajstić information content (AvgIpc) is 2.90. The van der Waals surface area contributed by atoms with Gasteiger partial charge in [0, 0.05) is 10.9 Å². The summed E-state index contributed by atoms with van der Waals surface area (Å²) < 4.78 is 24.2. The first-order valence-electron chi connectivity index (χ1n) is 8.00. The Morgan fingerprint density at radius 1 is 1.22 bits per heavy atom. The molecule has 23 heavy (non-hydrogen) atoms. The number of quaternary nitrogens is 1. The van der Waals surface area contributed by atoms with E-state index >= 15 is 0 Å². The Morgan fingerprint density at radius 2 is 1.87 bits per heavy atom. The SMILES string of the molecule is O=C(Cc1ccc(Br)cc1)N1CC[NH+]([C@H]2CCS(=O)(=O)C2)CC1. The van der Waals surface area contributed by atoms with E-state index in [2.05, 4.69) is 15.9 Å². The minimum atomic E-state index is -2.82. The monoisotopic (exact) mass is 401 g/mol. The molecule has 0 bridgehead atoms. The lowest BCUT2D eigenvalue weighted by Gasteiger charge is -2.35. The average molecular weight is 402 g/mol. The third-order valence-corrected chi connectivity index (χ3v) is 7.13. The van der Waals surface area contributed by atoms with Gasteiger partial charge in [0.15, 0.2) is 9.84 Å². The molecule has 5 nitrogen and oxygen atoms in total. The highest BCUT2D eigenvalue weighted by molar-refractivity contribution is 9.10. The Kier molecular flexibility index (Phi) is 5.08. The van der Waals surface area contributed by atoms with Gasteiger partial charge in [-0.05, 0) is 17.7 Å². The van der Waals surface area contributed by atoms with E-state index in [0.717, 1.165) is 42.6 Å². The Labute approximate surface area is 145 Å². The standard InChI is InChI=1S/C16H21BrN2O3S/c17-14-3-1-13(2-4-14)11-16(20)19-8-6-18(7-9-19)15-5-10-23(21,22)12-15/h1-4,15H,5-12H2/p+1/t15-/m0/s1. The molecular formula is C16H22BrN2O3S+. The molecular weight excluding hydrogens is 380 g/mol. The highest BCUT2D eigenvalue weighted by Crippen LogP contribution is 2.12. The molecule has 3 rings (SSSR count). The zero-order valence-electron chi connectivity index (χ0n) is 13.0. The molecule has 0 saturated carbocycles. The molecule has 2 heterocycles. The normalized spacial score (nSPS) is 24.7. The molecule has 1 atom stereocenters. The number of rotatable bonds is 3. The summed E-state index contributed by atoms with van der Waals surface area (Å²) in [6, 6.07) is 8.06. The largest absolute Gasteiger partial charge is 0.331 e. The van der Waals surface area contributed by atoms with Crippen LogP contribution < -0.4 is 4.90 Å². The predicted molar refractivity (Wildman–Crippen MR) is 92.2 cm³/mol. The summed E-state index contributed by atoms with van der Waals surface area (Å²) in [5.74, 6) is 0.799. The van der Waals surface area contributed by atoms with Crippen molar-refractivity contribution in [1.29, 1.82) is 0 Å². The van der Waals surface area contributed by atoms with Crippen LogP contribution in [-0.2, 0) is 21.1 Å². The molecule has 2 saturated heterocycles. The maximum atomic E-state index is 12.4. The van der Waals surface area contributed by atoms with Crippen LogP contribution in [0.5, 0.6) is 0 Å². The van der Waals surface area contributed by atoms with Gasteiger partial charge in [0.2, 0.25) is 5.91 Å². The van der Waals surface area contributed by atoms with Crippen LogP contribution in [0.4, 0.5) is 0 Å². The summed E-state index contributed by atoms with van der Waals surface area (Å²) in [6.07, 6.45) is 1.20. The van der Waals surface area contributed by atoms with E-state index in [1.807, 2.05) is 29.2 Å². The fourth-order valence-corrected chi connectivity index (χ4v) is 5.55. The maximum absolute atomic E-state index is 12.4. The van der Waals surface area contributed by atoms with Gasteiger partial charge in [-0.2, -0.15) is 0 Å². The van der Waals surface area contributed by atoms with Crippen LogP contribution >= 0.6 is 15.9 Å². The van der Waals surface area contributed by atoms with E-state index in [-0.39, 0.29) is 11.9 Å². The summed E-state index contributed by atoms with van der Waals surface area (Å²) >= 11 is 3.39. The number of carbonyl (C=O) groups is 1. The zero-order valence-corrected chi connectivity index (χ0v) is 15.4. The van der Waals surface area contributed by atoms with Crippen molar-refractivity contribution in [3.05, 3.63) is 34.3 Å². The van der Waals surface area contributed by atoms with Crippen molar-refractivity contribution in [2.75, 3.05) is 37.7 Å². The molecule has 126 valence electrons. The van der Waals surface area contributed by atoms with Crippen molar-refractivity contribution in [3.8, 4) is 0 Å². The predicted octanol–water partition coefficient (Wildman–Crippen LogP) is -0.0942. The van der Waals surface area contributed by atoms with Crippen molar-refractivity contribution in [2.24, 2.45) is 0 Å². The van der Waals surface area contributed by atoms with Crippen molar-refractivity contribution >= 4 is 31.7 Å². The molecule has 7 heteroatoms. The van der Waals surface area contributed by atoms with Gasteiger partial charge >= 0.3 is 0 Å². The van der Waals surface area contributed by atoms with E-state index < -0.39 is 9.84 Å². The van der Waals surface area contributed by atoms with Crippen LogP contribution in [0, 0.1) is 0 Å². The molecule has 1 amide bonds. The number of sulfone groups is 1. The van der Waals surface area contributed by atoms with E-state index in [0.29, 0.717) is 17.9 Å². The number of carbonyl (C=O) groups excluding carboxylic acids is 1. The Hall–Kier alpha value is -0.920. The van der Waals surface area contributed by atoms with Crippen LogP contribution in [0.3, 0.4) is 0 Å². The van der Waals surface area contributed by atoms with E-state index in [9.17, 15) is 13.2 Å². The molecule has 0 aliphatic carbocycles. The second kappa shape index (κ2) is 6.91. The lowest BCUT2D eigenvalue weighted by atomic mass is 10.1. The molecule has 2 fully saturated rings. The minimum absolute atomic E-state index is 0.158. The Balaban J connectivity index is 1.50. The first-order valence-corrected chi connectivity index (χ1v) is 10.6. The maximum Gasteiger partial charge on any atom is 0.227 e. The topological polar surface area (TPSA) is 58.9 Å². The fraction of sp³-hybridized carbons (Fsp3) is 0.562. The minimum Gasteiger partial charge on any atom is -0.331 e. The van der Waals surface area contributed by atoms with Crippen LogP contribution in [0.15, 0.2) is 28.7 Å².